The van der Waals surface area contributed by atoms with E-state index < -0.39 is 9.28 Å². The molecule has 0 fully saturated rings. The molecule has 0 saturated heterocycles. The molecule has 2 nitrogen and oxygen atoms in total. The first kappa shape index (κ1) is 10.4. The van der Waals surface area contributed by atoms with Crippen molar-refractivity contribution in [3.8, 4) is 0 Å². The van der Waals surface area contributed by atoms with Gasteiger partial charge < -0.3 is 8.85 Å². The van der Waals surface area contributed by atoms with Crippen molar-refractivity contribution in [3.63, 3.8) is 0 Å². The van der Waals surface area contributed by atoms with E-state index in [-0.39, 0.29) is 5.00 Å². The first-order valence-corrected chi connectivity index (χ1v) is 5.50. The minimum absolute atomic E-state index is 0.111. The van der Waals surface area contributed by atoms with Crippen LogP contribution in [0.1, 0.15) is 19.8 Å². The summed E-state index contributed by atoms with van der Waals surface area (Å²) < 4.78 is 10.2. The molecule has 0 aliphatic heterocycles. The third-order valence-corrected chi connectivity index (χ3v) is 4.01. The van der Waals surface area contributed by atoms with E-state index in [1.165, 1.54) is 0 Å². The summed E-state index contributed by atoms with van der Waals surface area (Å²) in [5.74, 6) is 0. The van der Waals surface area contributed by atoms with E-state index in [9.17, 15) is 0 Å². The molecular weight excluding hydrogens is 168 g/mol. The van der Waals surface area contributed by atoms with Gasteiger partial charge in [0.2, 0.25) is 0 Å². The SMILES string of the molecule is CCCC(Cl)[SiH](OC)OC. The maximum Gasteiger partial charge on any atom is 0.339 e. The van der Waals surface area contributed by atoms with Gasteiger partial charge in [0.05, 0.1) is 5.00 Å². The molecule has 0 aromatic carbocycles. The molecule has 0 aromatic rings. The number of hydrogen-bond donors (Lipinski definition) is 0. The van der Waals surface area contributed by atoms with Crippen LogP contribution in [-0.4, -0.2) is 28.5 Å². The van der Waals surface area contributed by atoms with Crippen LogP contribution in [0.3, 0.4) is 0 Å². The van der Waals surface area contributed by atoms with Crippen molar-refractivity contribution in [1.29, 1.82) is 0 Å². The molecule has 0 saturated carbocycles. The number of rotatable bonds is 5. The van der Waals surface area contributed by atoms with Crippen LogP contribution in [0.15, 0.2) is 0 Å². The van der Waals surface area contributed by atoms with Gasteiger partial charge in [-0.1, -0.05) is 13.3 Å². The van der Waals surface area contributed by atoms with Gasteiger partial charge >= 0.3 is 9.28 Å². The second-order valence-electron chi connectivity index (χ2n) is 2.14. The summed E-state index contributed by atoms with van der Waals surface area (Å²) in [5, 5.41) is 0.111. The summed E-state index contributed by atoms with van der Waals surface area (Å²) in [6.07, 6.45) is 2.07. The fraction of sp³-hybridized carbons (Fsp3) is 1.00. The maximum absolute atomic E-state index is 5.96. The fourth-order valence-corrected chi connectivity index (χ4v) is 3.03. The van der Waals surface area contributed by atoms with Gasteiger partial charge in [-0.25, -0.2) is 0 Å². The molecule has 0 aliphatic rings. The van der Waals surface area contributed by atoms with Crippen LogP contribution in [0.25, 0.3) is 0 Å². The van der Waals surface area contributed by atoms with Crippen LogP contribution < -0.4 is 0 Å². The Balaban J connectivity index is 3.53. The zero-order chi connectivity index (χ0) is 7.98. The molecule has 1 unspecified atom stereocenters. The highest BCUT2D eigenvalue weighted by molar-refractivity contribution is 6.59. The molecule has 0 heterocycles. The lowest BCUT2D eigenvalue weighted by atomic mass is 10.4. The molecule has 0 bridgehead atoms. The quantitative estimate of drug-likeness (QED) is 0.474. The molecule has 0 radical (unpaired) electrons. The molecule has 10 heavy (non-hydrogen) atoms. The highest BCUT2D eigenvalue weighted by Gasteiger charge is 2.20. The van der Waals surface area contributed by atoms with Crippen LogP contribution >= 0.6 is 11.6 Å². The van der Waals surface area contributed by atoms with Gasteiger partial charge in [-0.05, 0) is 6.42 Å². The zero-order valence-electron chi connectivity index (χ0n) is 6.76. The Morgan fingerprint density at radius 1 is 1.40 bits per heavy atom. The molecule has 1 atom stereocenters. The molecule has 0 aliphatic carbocycles. The molecule has 62 valence electrons. The fourth-order valence-electron chi connectivity index (χ4n) is 0.803. The first-order chi connectivity index (χ1) is 4.76. The Bertz CT molecular complexity index is 78.1. The van der Waals surface area contributed by atoms with Crippen molar-refractivity contribution in [2.75, 3.05) is 14.2 Å². The van der Waals surface area contributed by atoms with Gasteiger partial charge in [0.15, 0.2) is 0 Å². The van der Waals surface area contributed by atoms with Crippen LogP contribution in [-0.2, 0) is 8.85 Å². The Kier molecular flexibility index (Phi) is 6.42. The first-order valence-electron chi connectivity index (χ1n) is 3.45. The lowest BCUT2D eigenvalue weighted by molar-refractivity contribution is 0.273. The topological polar surface area (TPSA) is 18.5 Å². The smallest absolute Gasteiger partial charge is 0.339 e. The second-order valence-corrected chi connectivity index (χ2v) is 5.61. The predicted octanol–water partition coefficient (Wildman–Crippen LogP) is 1.45. The van der Waals surface area contributed by atoms with E-state index in [0.717, 1.165) is 12.8 Å². The van der Waals surface area contributed by atoms with E-state index >= 15 is 0 Å². The van der Waals surface area contributed by atoms with Crippen LogP contribution in [0, 0.1) is 0 Å². The van der Waals surface area contributed by atoms with Crippen molar-refractivity contribution in [2.24, 2.45) is 0 Å². The van der Waals surface area contributed by atoms with Gasteiger partial charge in [-0.15, -0.1) is 11.6 Å². The average molecular weight is 183 g/mol. The van der Waals surface area contributed by atoms with Crippen LogP contribution in [0.4, 0.5) is 0 Å². The largest absolute Gasteiger partial charge is 0.399 e. The third kappa shape index (κ3) is 3.56. The number of alkyl halides is 1. The summed E-state index contributed by atoms with van der Waals surface area (Å²) in [5.41, 5.74) is 0. The van der Waals surface area contributed by atoms with Gasteiger partial charge in [-0.2, -0.15) is 0 Å². The standard InChI is InChI=1S/C6H15ClO2Si/c1-4-5-6(7)10(8-2)9-3/h6,10H,4-5H2,1-3H3. The normalized spacial score (nSPS) is 14.1. The van der Waals surface area contributed by atoms with Crippen molar-refractivity contribution >= 4 is 20.9 Å². The molecule has 0 aromatic heterocycles. The summed E-state index contributed by atoms with van der Waals surface area (Å²) in [4.78, 5) is 0. The van der Waals surface area contributed by atoms with Crippen molar-refractivity contribution < 1.29 is 8.85 Å². The highest BCUT2D eigenvalue weighted by Crippen LogP contribution is 2.09. The Morgan fingerprint density at radius 2 is 1.90 bits per heavy atom. The lowest BCUT2D eigenvalue weighted by Crippen LogP contribution is -2.31. The Morgan fingerprint density at radius 3 is 2.20 bits per heavy atom. The van der Waals surface area contributed by atoms with E-state index in [4.69, 9.17) is 20.5 Å². The molecule has 0 spiro atoms. The molecule has 0 rings (SSSR count). The summed E-state index contributed by atoms with van der Waals surface area (Å²) in [6, 6.07) is 0. The minimum Gasteiger partial charge on any atom is -0.399 e. The van der Waals surface area contributed by atoms with Gasteiger partial charge in [0.1, 0.15) is 0 Å². The summed E-state index contributed by atoms with van der Waals surface area (Å²) >= 11 is 5.96. The minimum atomic E-state index is -1.54. The number of hydrogen-bond acceptors (Lipinski definition) is 2. The zero-order valence-corrected chi connectivity index (χ0v) is 8.67. The van der Waals surface area contributed by atoms with Crippen molar-refractivity contribution in [2.45, 2.75) is 24.8 Å². The van der Waals surface area contributed by atoms with Gasteiger partial charge in [0, 0.05) is 14.2 Å². The van der Waals surface area contributed by atoms with E-state index in [1.54, 1.807) is 14.2 Å². The Labute approximate surface area is 69.3 Å². The summed E-state index contributed by atoms with van der Waals surface area (Å²) in [7, 11) is 1.78. The van der Waals surface area contributed by atoms with Gasteiger partial charge in [0.25, 0.3) is 0 Å². The average Bonchev–Trinajstić information content (AvgIpc) is 1.91. The van der Waals surface area contributed by atoms with E-state index in [2.05, 4.69) is 6.92 Å². The molecule has 4 heteroatoms. The van der Waals surface area contributed by atoms with Crippen molar-refractivity contribution in [3.05, 3.63) is 0 Å². The molecular formula is C6H15ClO2Si. The molecule has 0 amide bonds. The summed E-state index contributed by atoms with van der Waals surface area (Å²) in [6.45, 7) is 2.10. The number of halogens is 1. The van der Waals surface area contributed by atoms with Crippen molar-refractivity contribution in [1.82, 2.24) is 0 Å². The predicted molar refractivity (Wildman–Crippen MR) is 45.7 cm³/mol. The lowest BCUT2D eigenvalue weighted by Gasteiger charge is -2.15. The van der Waals surface area contributed by atoms with E-state index in [0.29, 0.717) is 0 Å². The monoisotopic (exact) mass is 182 g/mol. The van der Waals surface area contributed by atoms with Crippen LogP contribution in [0.5, 0.6) is 0 Å². The highest BCUT2D eigenvalue weighted by atomic mass is 35.5. The van der Waals surface area contributed by atoms with Gasteiger partial charge in [-0.3, -0.25) is 0 Å². The second kappa shape index (κ2) is 6.16. The molecule has 0 N–H and O–H groups in total. The maximum atomic E-state index is 5.96. The third-order valence-electron chi connectivity index (χ3n) is 1.32. The Hall–Kier alpha value is 0.427. The van der Waals surface area contributed by atoms with Crippen LogP contribution in [0.2, 0.25) is 0 Å². The van der Waals surface area contributed by atoms with E-state index in [1.807, 2.05) is 0 Å².